The first-order valence-corrected chi connectivity index (χ1v) is 6.21. The Hall–Kier alpha value is -2.40. The van der Waals surface area contributed by atoms with Crippen LogP contribution in [0.4, 0.5) is 0 Å². The maximum atomic E-state index is 11.4. The van der Waals surface area contributed by atoms with Gasteiger partial charge in [0.25, 0.3) is 0 Å². The molecule has 2 N–H and O–H groups in total. The number of nitrogens with one attached hydrogen (secondary N) is 1. The molecule has 5 nitrogen and oxygen atoms in total. The van der Waals surface area contributed by atoms with Crippen LogP contribution in [0.3, 0.4) is 0 Å². The van der Waals surface area contributed by atoms with Gasteiger partial charge in [0, 0.05) is 18.3 Å². The number of pyridine rings is 1. The number of aliphatic carboxylic acids is 1. The van der Waals surface area contributed by atoms with E-state index in [-0.39, 0.29) is 0 Å². The number of hydrogen-bond acceptors (Lipinski definition) is 4. The van der Waals surface area contributed by atoms with Crippen LogP contribution in [0, 0.1) is 0 Å². The van der Waals surface area contributed by atoms with E-state index in [4.69, 9.17) is 4.74 Å². The fraction of sp³-hybridized carbons (Fsp3) is 0.200. The largest absolute Gasteiger partial charge is 0.481 e. The second-order valence-corrected chi connectivity index (χ2v) is 4.23. The van der Waals surface area contributed by atoms with Gasteiger partial charge >= 0.3 is 5.97 Å². The summed E-state index contributed by atoms with van der Waals surface area (Å²) in [4.78, 5) is 15.4. The van der Waals surface area contributed by atoms with E-state index in [1.54, 1.807) is 24.4 Å². The summed E-state index contributed by atoms with van der Waals surface area (Å²) in [6, 6.07) is 11.9. The van der Waals surface area contributed by atoms with Crippen molar-refractivity contribution in [3.05, 3.63) is 59.8 Å². The number of nitrogens with zero attached hydrogens (tertiary/aromatic N) is 1. The first-order chi connectivity index (χ1) is 9.72. The molecule has 0 spiro atoms. The van der Waals surface area contributed by atoms with E-state index in [0.29, 0.717) is 18.0 Å². The van der Waals surface area contributed by atoms with Crippen molar-refractivity contribution in [3.63, 3.8) is 0 Å². The quantitative estimate of drug-likeness (QED) is 0.841. The number of ether oxygens (including phenoxy) is 1. The first-order valence-electron chi connectivity index (χ1n) is 6.21. The van der Waals surface area contributed by atoms with Gasteiger partial charge in [0.1, 0.15) is 6.04 Å². The Balaban J connectivity index is 2.12. The van der Waals surface area contributed by atoms with Crippen molar-refractivity contribution in [1.82, 2.24) is 10.3 Å². The SMILES string of the molecule is COc1ncccc1CNC(C(=O)O)c1ccccc1. The molecule has 0 radical (unpaired) electrons. The average Bonchev–Trinajstić information content (AvgIpc) is 2.48. The van der Waals surface area contributed by atoms with Gasteiger partial charge in [-0.3, -0.25) is 10.1 Å². The smallest absolute Gasteiger partial charge is 0.325 e. The summed E-state index contributed by atoms with van der Waals surface area (Å²) in [6.07, 6.45) is 1.63. The molecule has 0 saturated heterocycles. The number of carboxylic acid groups (broad SMARTS) is 1. The van der Waals surface area contributed by atoms with Crippen LogP contribution in [0.25, 0.3) is 0 Å². The van der Waals surface area contributed by atoms with E-state index in [0.717, 1.165) is 5.56 Å². The van der Waals surface area contributed by atoms with Crippen LogP contribution in [0.1, 0.15) is 17.2 Å². The lowest BCUT2D eigenvalue weighted by atomic mass is 10.1. The zero-order chi connectivity index (χ0) is 14.4. The van der Waals surface area contributed by atoms with E-state index < -0.39 is 12.0 Å². The molecule has 0 fully saturated rings. The molecule has 1 atom stereocenters. The Morgan fingerprint density at radius 2 is 2.05 bits per heavy atom. The number of rotatable bonds is 6. The lowest BCUT2D eigenvalue weighted by Gasteiger charge is -2.15. The lowest BCUT2D eigenvalue weighted by molar-refractivity contribution is -0.139. The molecule has 0 saturated carbocycles. The highest BCUT2D eigenvalue weighted by Gasteiger charge is 2.19. The molecule has 104 valence electrons. The Morgan fingerprint density at radius 3 is 2.70 bits per heavy atom. The topological polar surface area (TPSA) is 71.5 Å². The normalized spacial score (nSPS) is 11.8. The number of methoxy groups -OCH3 is 1. The minimum absolute atomic E-state index is 0.364. The lowest BCUT2D eigenvalue weighted by Crippen LogP contribution is -2.28. The van der Waals surface area contributed by atoms with Gasteiger partial charge in [-0.25, -0.2) is 4.98 Å². The highest BCUT2D eigenvalue weighted by atomic mass is 16.5. The first kappa shape index (κ1) is 14.0. The van der Waals surface area contributed by atoms with Crippen molar-refractivity contribution in [2.75, 3.05) is 7.11 Å². The standard InChI is InChI=1S/C15H16N2O3/c1-20-14-12(8-5-9-16-14)10-17-13(15(18)19)11-6-3-2-4-7-11/h2-9,13,17H,10H2,1H3,(H,18,19). The summed E-state index contributed by atoms with van der Waals surface area (Å²) in [5, 5.41) is 12.3. The minimum Gasteiger partial charge on any atom is -0.481 e. The van der Waals surface area contributed by atoms with Crippen LogP contribution in [-0.4, -0.2) is 23.2 Å². The Bertz CT molecular complexity index is 572. The maximum absolute atomic E-state index is 11.4. The number of carboxylic acids is 1. The second kappa shape index (κ2) is 6.68. The van der Waals surface area contributed by atoms with Crippen molar-refractivity contribution in [3.8, 4) is 5.88 Å². The molecular weight excluding hydrogens is 256 g/mol. The maximum Gasteiger partial charge on any atom is 0.325 e. The Kier molecular flexibility index (Phi) is 4.68. The predicted octanol–water partition coefficient (Wildman–Crippen LogP) is 2.01. The molecule has 1 aromatic heterocycles. The third kappa shape index (κ3) is 3.33. The van der Waals surface area contributed by atoms with Crippen LogP contribution in [0.5, 0.6) is 5.88 Å². The van der Waals surface area contributed by atoms with E-state index in [1.165, 1.54) is 7.11 Å². The molecule has 1 unspecified atom stereocenters. The van der Waals surface area contributed by atoms with Crippen molar-refractivity contribution in [2.45, 2.75) is 12.6 Å². The molecule has 2 rings (SSSR count). The summed E-state index contributed by atoms with van der Waals surface area (Å²) >= 11 is 0. The number of hydrogen-bond donors (Lipinski definition) is 2. The van der Waals surface area contributed by atoms with Crippen molar-refractivity contribution in [1.29, 1.82) is 0 Å². The molecule has 1 aromatic carbocycles. The van der Waals surface area contributed by atoms with E-state index in [2.05, 4.69) is 10.3 Å². The van der Waals surface area contributed by atoms with E-state index in [9.17, 15) is 9.90 Å². The van der Waals surface area contributed by atoms with E-state index >= 15 is 0 Å². The number of carbonyl (C=O) groups is 1. The fourth-order valence-electron chi connectivity index (χ4n) is 1.95. The molecule has 0 amide bonds. The second-order valence-electron chi connectivity index (χ2n) is 4.23. The van der Waals surface area contributed by atoms with Gasteiger partial charge in [0.15, 0.2) is 0 Å². The summed E-state index contributed by atoms with van der Waals surface area (Å²) < 4.78 is 5.15. The molecule has 2 aromatic rings. The summed E-state index contributed by atoms with van der Waals surface area (Å²) in [7, 11) is 1.54. The molecule has 0 aliphatic heterocycles. The molecule has 0 aliphatic rings. The summed E-state index contributed by atoms with van der Waals surface area (Å²) in [5.41, 5.74) is 1.53. The molecule has 5 heteroatoms. The van der Waals surface area contributed by atoms with Crippen molar-refractivity contribution < 1.29 is 14.6 Å². The number of benzene rings is 1. The zero-order valence-electron chi connectivity index (χ0n) is 11.1. The minimum atomic E-state index is -0.918. The summed E-state index contributed by atoms with van der Waals surface area (Å²) in [5.74, 6) is -0.420. The fourth-order valence-corrected chi connectivity index (χ4v) is 1.95. The van der Waals surface area contributed by atoms with Gasteiger partial charge in [0.2, 0.25) is 5.88 Å². The molecule has 1 heterocycles. The van der Waals surface area contributed by atoms with Gasteiger partial charge < -0.3 is 9.84 Å². The zero-order valence-corrected chi connectivity index (χ0v) is 11.1. The van der Waals surface area contributed by atoms with Gasteiger partial charge in [-0.05, 0) is 11.6 Å². The van der Waals surface area contributed by atoms with Crippen LogP contribution >= 0.6 is 0 Å². The van der Waals surface area contributed by atoms with Gasteiger partial charge in [-0.15, -0.1) is 0 Å². The van der Waals surface area contributed by atoms with Crippen LogP contribution in [0.2, 0.25) is 0 Å². The van der Waals surface area contributed by atoms with Crippen LogP contribution < -0.4 is 10.1 Å². The third-order valence-electron chi connectivity index (χ3n) is 2.92. The van der Waals surface area contributed by atoms with Crippen molar-refractivity contribution in [2.24, 2.45) is 0 Å². The predicted molar refractivity (Wildman–Crippen MR) is 74.4 cm³/mol. The van der Waals surface area contributed by atoms with E-state index in [1.807, 2.05) is 24.3 Å². The molecule has 0 aliphatic carbocycles. The van der Waals surface area contributed by atoms with Gasteiger partial charge in [-0.2, -0.15) is 0 Å². The molecular formula is C15H16N2O3. The van der Waals surface area contributed by atoms with Crippen LogP contribution in [-0.2, 0) is 11.3 Å². The highest BCUT2D eigenvalue weighted by Crippen LogP contribution is 2.17. The molecule has 0 bridgehead atoms. The average molecular weight is 272 g/mol. The summed E-state index contributed by atoms with van der Waals surface area (Å²) in [6.45, 7) is 0.364. The van der Waals surface area contributed by atoms with Gasteiger partial charge in [0.05, 0.1) is 7.11 Å². The third-order valence-corrected chi connectivity index (χ3v) is 2.92. The van der Waals surface area contributed by atoms with Crippen molar-refractivity contribution >= 4 is 5.97 Å². The monoisotopic (exact) mass is 272 g/mol. The number of aromatic nitrogens is 1. The Morgan fingerprint density at radius 1 is 1.30 bits per heavy atom. The Labute approximate surface area is 117 Å². The van der Waals surface area contributed by atoms with Crippen LogP contribution in [0.15, 0.2) is 48.7 Å². The highest BCUT2D eigenvalue weighted by molar-refractivity contribution is 5.75. The molecule has 20 heavy (non-hydrogen) atoms. The van der Waals surface area contributed by atoms with Gasteiger partial charge in [-0.1, -0.05) is 36.4 Å².